The van der Waals surface area contributed by atoms with Crippen LogP contribution < -0.4 is 0 Å². The molecule has 3 heteroatoms. The second-order valence-electron chi connectivity index (χ2n) is 24.3. The van der Waals surface area contributed by atoms with Crippen LogP contribution >= 0.6 is 0 Å². The summed E-state index contributed by atoms with van der Waals surface area (Å²) in [6.45, 7) is 41.4. The molecular weight excluding hydrogens is 745 g/mol. The van der Waals surface area contributed by atoms with Crippen molar-refractivity contribution in [3.63, 3.8) is 0 Å². The van der Waals surface area contributed by atoms with Crippen LogP contribution in [0, 0.1) is 6.92 Å². The van der Waals surface area contributed by atoms with E-state index in [1.54, 1.807) is 0 Å². The highest BCUT2D eigenvalue weighted by Gasteiger charge is 2.30. The Morgan fingerprint density at radius 2 is 0.590 bits per heavy atom. The maximum atomic E-state index is 11.8. The van der Waals surface area contributed by atoms with Crippen LogP contribution in [0.2, 0.25) is 0 Å². The van der Waals surface area contributed by atoms with Gasteiger partial charge in [0.05, 0.1) is 0 Å². The molecule has 0 atom stereocenters. The van der Waals surface area contributed by atoms with Crippen LogP contribution in [0.3, 0.4) is 0 Å². The van der Waals surface area contributed by atoms with Crippen molar-refractivity contribution < 1.29 is 15.3 Å². The fourth-order valence-corrected chi connectivity index (χ4v) is 8.91. The van der Waals surface area contributed by atoms with Gasteiger partial charge in [-0.15, -0.1) is 0 Å². The molecule has 0 aliphatic rings. The summed E-state index contributed by atoms with van der Waals surface area (Å²) >= 11 is 0. The third-order valence-corrected chi connectivity index (χ3v) is 12.3. The van der Waals surface area contributed by atoms with Crippen molar-refractivity contribution >= 4 is 0 Å². The van der Waals surface area contributed by atoms with Gasteiger partial charge in [-0.2, -0.15) is 0 Å². The number of phenolic OH excluding ortho intramolecular Hbond substituents is 3. The van der Waals surface area contributed by atoms with E-state index < -0.39 is 0 Å². The molecule has 61 heavy (non-hydrogen) atoms. The Morgan fingerprint density at radius 3 is 0.852 bits per heavy atom. The van der Waals surface area contributed by atoms with E-state index in [-0.39, 0.29) is 32.5 Å². The first-order valence-electron chi connectivity index (χ1n) is 22.5. The van der Waals surface area contributed by atoms with E-state index in [0.29, 0.717) is 36.5 Å². The normalized spacial score (nSPS) is 13.2. The van der Waals surface area contributed by atoms with Gasteiger partial charge in [-0.05, 0) is 142 Å². The fraction of sp³-hybridized carbons (Fsp3) is 0.483. The Hall–Kier alpha value is -4.50. The molecule has 0 amide bonds. The molecule has 5 aromatic rings. The predicted octanol–water partition coefficient (Wildman–Crippen LogP) is 15.3. The summed E-state index contributed by atoms with van der Waals surface area (Å²) in [4.78, 5) is 0. The fourth-order valence-electron chi connectivity index (χ4n) is 8.91. The minimum atomic E-state index is -0.255. The average Bonchev–Trinajstić information content (AvgIpc) is 3.08. The van der Waals surface area contributed by atoms with Crippen LogP contribution in [0.15, 0.2) is 72.8 Å². The van der Waals surface area contributed by atoms with Gasteiger partial charge >= 0.3 is 0 Å². The van der Waals surface area contributed by atoms with Crippen LogP contribution in [0.25, 0.3) is 11.1 Å². The minimum absolute atomic E-state index is 0.242. The Balaban J connectivity index is 1.90. The summed E-state index contributed by atoms with van der Waals surface area (Å²) < 4.78 is 0. The van der Waals surface area contributed by atoms with Crippen LogP contribution in [0.4, 0.5) is 0 Å². The maximum Gasteiger partial charge on any atom is 0.123 e. The number of hydrogen-bond acceptors (Lipinski definition) is 3. The van der Waals surface area contributed by atoms with E-state index in [9.17, 15) is 15.3 Å². The van der Waals surface area contributed by atoms with E-state index in [4.69, 9.17) is 0 Å². The first-order chi connectivity index (χ1) is 27.7. The van der Waals surface area contributed by atoms with Crippen LogP contribution in [0.5, 0.6) is 17.2 Å². The molecule has 0 heterocycles. The molecule has 0 fully saturated rings. The summed E-state index contributed by atoms with van der Waals surface area (Å²) in [7, 11) is 0. The molecule has 0 saturated heterocycles. The lowest BCUT2D eigenvalue weighted by atomic mass is 9.76. The second kappa shape index (κ2) is 16.3. The van der Waals surface area contributed by atoms with E-state index in [2.05, 4.69) is 204 Å². The third kappa shape index (κ3) is 10.6. The lowest BCUT2D eigenvalue weighted by Gasteiger charge is -2.29. The van der Waals surface area contributed by atoms with Gasteiger partial charge in [0, 0.05) is 0 Å². The zero-order chi connectivity index (χ0) is 46.0. The topological polar surface area (TPSA) is 60.7 Å². The molecule has 0 unspecified atom stereocenters. The van der Waals surface area contributed by atoms with Crippen molar-refractivity contribution in [1.29, 1.82) is 0 Å². The molecule has 0 aliphatic carbocycles. The molecule has 328 valence electrons. The highest BCUT2D eigenvalue weighted by atomic mass is 16.3. The molecule has 0 spiro atoms. The standard InChI is InChI=1S/C58H78O3/c1-35-22-20-21-23-42(35)49-40(27-38-31-45(55(8,9)10)51(60)46(32-38)56(11,12)13)25-36(24-37-29-43(53(2,3)4)50(59)44(30-37)54(5,6)7)26-41(49)28-39-33-47(57(14,15)16)52(61)48(34-39)58(17,18)19/h20-23,25-26,29-34,59-61H,24,27-28H2,1-19H3. The molecule has 3 N–H and O–H groups in total. The summed E-state index contributed by atoms with van der Waals surface area (Å²) in [5, 5.41) is 35.2. The number of rotatable bonds is 7. The largest absolute Gasteiger partial charge is 0.507 e. The third-order valence-electron chi connectivity index (χ3n) is 12.3. The van der Waals surface area contributed by atoms with Crippen molar-refractivity contribution in [2.45, 2.75) is 183 Å². The zero-order valence-corrected chi connectivity index (χ0v) is 41.4. The first kappa shape index (κ1) is 47.5. The monoisotopic (exact) mass is 823 g/mol. The van der Waals surface area contributed by atoms with Gasteiger partial charge in [0.1, 0.15) is 17.2 Å². The van der Waals surface area contributed by atoms with E-state index in [1.807, 2.05) is 0 Å². The molecule has 0 radical (unpaired) electrons. The molecule has 0 aromatic heterocycles. The summed E-state index contributed by atoms with van der Waals surface area (Å²) in [5.41, 5.74) is 15.2. The predicted molar refractivity (Wildman–Crippen MR) is 262 cm³/mol. The van der Waals surface area contributed by atoms with Crippen LogP contribution in [0.1, 0.15) is 197 Å². The van der Waals surface area contributed by atoms with Gasteiger partial charge in [-0.1, -0.05) is 197 Å². The van der Waals surface area contributed by atoms with Gasteiger partial charge in [-0.25, -0.2) is 0 Å². The smallest absolute Gasteiger partial charge is 0.123 e. The molecule has 0 bridgehead atoms. The van der Waals surface area contributed by atoms with Crippen molar-refractivity contribution in [3.05, 3.63) is 145 Å². The number of benzene rings is 5. The van der Waals surface area contributed by atoms with Crippen molar-refractivity contribution in [3.8, 4) is 28.4 Å². The number of aromatic hydroxyl groups is 3. The van der Waals surface area contributed by atoms with Crippen molar-refractivity contribution in [1.82, 2.24) is 0 Å². The van der Waals surface area contributed by atoms with E-state index >= 15 is 0 Å². The van der Waals surface area contributed by atoms with Gasteiger partial charge < -0.3 is 15.3 Å². The molecular formula is C58H78O3. The highest BCUT2D eigenvalue weighted by Crippen LogP contribution is 2.45. The number of aryl methyl sites for hydroxylation is 1. The number of phenols is 3. The van der Waals surface area contributed by atoms with Gasteiger partial charge in [0.15, 0.2) is 0 Å². The molecule has 0 aliphatic heterocycles. The van der Waals surface area contributed by atoms with Gasteiger partial charge in [-0.3, -0.25) is 0 Å². The second-order valence-corrected chi connectivity index (χ2v) is 24.3. The summed E-state index contributed by atoms with van der Waals surface area (Å²) in [6, 6.07) is 26.9. The number of hydrogen-bond donors (Lipinski definition) is 3. The Morgan fingerprint density at radius 1 is 0.344 bits per heavy atom. The van der Waals surface area contributed by atoms with E-state index in [1.165, 1.54) is 50.1 Å². The molecule has 5 rings (SSSR count). The SMILES string of the molecule is Cc1ccccc1-c1c(Cc2cc(C(C)(C)C)c(O)c(C(C)(C)C)c2)cc(Cc2cc(C(C)(C)C)c(O)c(C(C)(C)C)c2)cc1Cc1cc(C(C)(C)C)c(O)c(C(C)(C)C)c1. The molecule has 3 nitrogen and oxygen atoms in total. The lowest BCUT2D eigenvalue weighted by molar-refractivity contribution is 0.422. The lowest BCUT2D eigenvalue weighted by Crippen LogP contribution is -2.18. The Bertz CT molecular complexity index is 2210. The van der Waals surface area contributed by atoms with Crippen LogP contribution in [-0.4, -0.2) is 15.3 Å². The Labute approximate surface area is 370 Å². The summed E-state index contributed by atoms with van der Waals surface area (Å²) in [6.07, 6.45) is 2.07. The van der Waals surface area contributed by atoms with Crippen molar-refractivity contribution in [2.24, 2.45) is 0 Å². The maximum absolute atomic E-state index is 11.8. The molecule has 5 aromatic carbocycles. The van der Waals surface area contributed by atoms with Crippen molar-refractivity contribution in [2.75, 3.05) is 0 Å². The highest BCUT2D eigenvalue weighted by molar-refractivity contribution is 5.76. The zero-order valence-electron chi connectivity index (χ0n) is 41.4. The Kier molecular flexibility index (Phi) is 12.7. The quantitative estimate of drug-likeness (QED) is 0.153. The van der Waals surface area contributed by atoms with Gasteiger partial charge in [0.2, 0.25) is 0 Å². The first-order valence-corrected chi connectivity index (χ1v) is 22.5. The minimum Gasteiger partial charge on any atom is -0.507 e. The average molecular weight is 823 g/mol. The van der Waals surface area contributed by atoms with E-state index in [0.717, 1.165) is 33.4 Å². The molecule has 0 saturated carbocycles. The van der Waals surface area contributed by atoms with Gasteiger partial charge in [0.25, 0.3) is 0 Å². The summed E-state index contributed by atoms with van der Waals surface area (Å²) in [5.74, 6) is 1.18. The van der Waals surface area contributed by atoms with Crippen LogP contribution in [-0.2, 0) is 51.8 Å².